The Balaban J connectivity index is 0.833. The van der Waals surface area contributed by atoms with Crippen LogP contribution in [0.4, 0.5) is 0 Å². The lowest BCUT2D eigenvalue weighted by atomic mass is 9.44. The molecule has 9 aliphatic rings. The zero-order valence-corrected chi connectivity index (χ0v) is 37.6. The third-order valence-electron chi connectivity index (χ3n) is 18.9. The Kier molecular flexibility index (Phi) is 13.5. The van der Waals surface area contributed by atoms with Crippen molar-refractivity contribution in [1.82, 2.24) is 5.32 Å². The van der Waals surface area contributed by atoms with E-state index in [2.05, 4.69) is 33.0 Å². The number of hydrogen-bond donors (Lipinski definition) is 10. The molecule has 362 valence electrons. The first-order chi connectivity index (χ1) is 30.0. The van der Waals surface area contributed by atoms with Gasteiger partial charge in [0.2, 0.25) is 0 Å². The van der Waals surface area contributed by atoms with Gasteiger partial charge in [0.05, 0.1) is 38.1 Å². The Morgan fingerprint density at radius 2 is 1.22 bits per heavy atom. The summed E-state index contributed by atoms with van der Waals surface area (Å²) in [5.41, 5.74) is 0.271. The maximum atomic E-state index is 11.6. The van der Waals surface area contributed by atoms with Crippen molar-refractivity contribution in [1.29, 1.82) is 0 Å². The number of nitrogens with one attached hydrogen (secondary N) is 1. The molecule has 0 aromatic heterocycles. The van der Waals surface area contributed by atoms with Crippen molar-refractivity contribution in [3.63, 3.8) is 0 Å². The van der Waals surface area contributed by atoms with Crippen LogP contribution < -0.4 is 5.32 Å². The van der Waals surface area contributed by atoms with Gasteiger partial charge >= 0.3 is 0 Å². The van der Waals surface area contributed by atoms with Gasteiger partial charge in [-0.2, -0.15) is 0 Å². The van der Waals surface area contributed by atoms with E-state index < -0.39 is 112 Å². The van der Waals surface area contributed by atoms with Gasteiger partial charge in [-0.25, -0.2) is 0 Å². The van der Waals surface area contributed by atoms with Gasteiger partial charge < -0.3 is 79.1 Å². The number of hydrogen-bond acceptors (Lipinski definition) is 17. The predicted molar refractivity (Wildman–Crippen MR) is 221 cm³/mol. The summed E-state index contributed by atoms with van der Waals surface area (Å²) < 4.78 is 43.1. The van der Waals surface area contributed by atoms with E-state index in [0.717, 1.165) is 45.1 Å². The van der Waals surface area contributed by atoms with E-state index >= 15 is 0 Å². The van der Waals surface area contributed by atoms with Crippen molar-refractivity contribution in [2.45, 2.75) is 203 Å². The first-order valence-corrected chi connectivity index (χ1v) is 24.2. The number of fused-ring (bicyclic) bond motifs is 7. The monoisotopic (exact) mass is 900 g/mol. The molecule has 17 nitrogen and oxygen atoms in total. The summed E-state index contributed by atoms with van der Waals surface area (Å²) in [4.78, 5) is 0. The summed E-state index contributed by atoms with van der Waals surface area (Å²) in [6.45, 7) is 10.4. The second kappa shape index (κ2) is 18.0. The van der Waals surface area contributed by atoms with Gasteiger partial charge in [0.15, 0.2) is 18.9 Å². The third kappa shape index (κ3) is 7.90. The lowest BCUT2D eigenvalue weighted by Gasteiger charge is -2.61. The molecule has 4 saturated carbocycles. The highest BCUT2D eigenvalue weighted by atomic mass is 16.8. The van der Waals surface area contributed by atoms with Crippen LogP contribution in [-0.2, 0) is 33.2 Å². The fourth-order valence-electron chi connectivity index (χ4n) is 15.1. The zero-order chi connectivity index (χ0) is 44.9. The Morgan fingerprint density at radius 1 is 0.587 bits per heavy atom. The zero-order valence-electron chi connectivity index (χ0n) is 37.6. The highest BCUT2D eigenvalue weighted by Crippen LogP contribution is 2.71. The van der Waals surface area contributed by atoms with Gasteiger partial charge in [0.25, 0.3) is 0 Å². The Bertz CT molecular complexity index is 1570. The van der Waals surface area contributed by atoms with Gasteiger partial charge in [0, 0.05) is 18.4 Å². The van der Waals surface area contributed by atoms with E-state index in [1.54, 1.807) is 0 Å². The second-order valence-corrected chi connectivity index (χ2v) is 22.0. The molecule has 0 amide bonds. The Hall–Kier alpha value is -0.680. The first kappa shape index (κ1) is 47.4. The molecule has 10 N–H and O–H groups in total. The molecule has 63 heavy (non-hydrogen) atoms. The maximum absolute atomic E-state index is 11.6. The predicted octanol–water partition coefficient (Wildman–Crippen LogP) is 0.115. The van der Waals surface area contributed by atoms with Crippen LogP contribution in [0.2, 0.25) is 0 Å². The molecular formula is C46H77NO16. The van der Waals surface area contributed by atoms with Crippen molar-refractivity contribution in [2.75, 3.05) is 26.4 Å². The molecule has 0 aromatic carbocycles. The smallest absolute Gasteiger partial charge is 0.187 e. The minimum Gasteiger partial charge on any atom is -0.394 e. The van der Waals surface area contributed by atoms with Crippen LogP contribution in [0.25, 0.3) is 0 Å². The van der Waals surface area contributed by atoms with Gasteiger partial charge in [-0.3, -0.25) is 5.32 Å². The van der Waals surface area contributed by atoms with Gasteiger partial charge in [-0.1, -0.05) is 34.6 Å². The standard InChI is InChI=1S/C46H77NO16/c1-20-8-13-46(47-16-20)22(3)32-28(63-46)15-27-25-7-6-23-14-24(9-11-44(23,4)26(25)10-12-45(27,32)5)57-42-38(56)37(55)39(31(19-50)60-42)61-43-40(36(54)35(53)30(18-49)59-43)62-41-34(52)21(2)33(51)29(17-48)58-41/h20-43,47-56H,6-19H2,1-5H3/t20-,21-,22-,23-,24-,25+,26-,27-,28-,29+,30+,31+,32-,33-,34+,35+,36-,37+,38+,39-,40+,41-,42+,43+,44-,45-,46-/m0/s1. The third-order valence-corrected chi connectivity index (χ3v) is 18.9. The van der Waals surface area contributed by atoms with Gasteiger partial charge in [-0.15, -0.1) is 0 Å². The Labute approximate surface area is 371 Å². The average Bonchev–Trinajstić information content (AvgIpc) is 3.72. The molecule has 17 heteroatoms. The van der Waals surface area contributed by atoms with Crippen molar-refractivity contribution in [2.24, 2.45) is 58.2 Å². The van der Waals surface area contributed by atoms with E-state index in [9.17, 15) is 46.0 Å². The second-order valence-electron chi connectivity index (χ2n) is 22.0. The quantitative estimate of drug-likeness (QED) is 0.138. The van der Waals surface area contributed by atoms with Crippen LogP contribution in [0.15, 0.2) is 0 Å². The topological polar surface area (TPSA) is 259 Å². The molecular weight excluding hydrogens is 822 g/mol. The van der Waals surface area contributed by atoms with E-state index in [0.29, 0.717) is 47.5 Å². The van der Waals surface area contributed by atoms with E-state index in [1.807, 2.05) is 0 Å². The fraction of sp³-hybridized carbons (Fsp3) is 1.00. The highest BCUT2D eigenvalue weighted by molar-refractivity contribution is 5.16. The summed E-state index contributed by atoms with van der Waals surface area (Å²) in [5.74, 6) is 3.32. The number of aliphatic hydroxyl groups is 9. The average molecular weight is 900 g/mol. The van der Waals surface area contributed by atoms with Gasteiger partial charge in [-0.05, 0) is 111 Å². The van der Waals surface area contributed by atoms with Gasteiger partial charge in [0.1, 0.15) is 66.8 Å². The van der Waals surface area contributed by atoms with Crippen LogP contribution in [0.3, 0.4) is 0 Å². The molecule has 0 unspecified atom stereocenters. The van der Waals surface area contributed by atoms with E-state index in [4.69, 9.17) is 33.2 Å². The molecule has 1 spiro atoms. The molecule has 4 aliphatic carbocycles. The van der Waals surface area contributed by atoms with Crippen LogP contribution in [0.1, 0.15) is 98.8 Å². The highest BCUT2D eigenvalue weighted by Gasteiger charge is 2.69. The number of ether oxygens (including phenoxy) is 7. The molecule has 9 rings (SSSR count). The van der Waals surface area contributed by atoms with E-state index in [1.165, 1.54) is 32.6 Å². The van der Waals surface area contributed by atoms with Crippen LogP contribution in [0, 0.1) is 58.2 Å². The lowest BCUT2D eigenvalue weighted by Crippen LogP contribution is -2.66. The van der Waals surface area contributed by atoms with Crippen molar-refractivity contribution >= 4 is 0 Å². The largest absolute Gasteiger partial charge is 0.394 e. The first-order valence-electron chi connectivity index (χ1n) is 24.2. The summed E-state index contributed by atoms with van der Waals surface area (Å²) >= 11 is 0. The normalized spacial score (nSPS) is 58.2. The SMILES string of the molecule is C[C@H]1CC[C@]2(NC1)O[C@H]1C[C@H]3[C@@H]4CC[C@H]5C[C@@H](O[C@@H]6O[C@H](CO)[C@H](O[C@H]7O[C@H](CO)[C@@H](O)[C@H](O)[C@H]7O[C@@H]7O[C@H](CO)[C@@H](O)[C@H](C)[C@H]7O)[C@H](O)[C@H]6O)CC[C@]5(C)[C@H]4CC[C@]3(C)[C@H]1[C@@H]2C. The molecule has 0 radical (unpaired) electrons. The molecule has 9 fully saturated rings. The van der Waals surface area contributed by atoms with Crippen molar-refractivity contribution < 1.29 is 79.1 Å². The van der Waals surface area contributed by atoms with Crippen LogP contribution >= 0.6 is 0 Å². The van der Waals surface area contributed by atoms with Crippen molar-refractivity contribution in [3.8, 4) is 0 Å². The molecule has 5 aliphatic heterocycles. The van der Waals surface area contributed by atoms with Crippen LogP contribution in [0.5, 0.6) is 0 Å². The molecule has 27 atom stereocenters. The number of piperidine rings is 1. The maximum Gasteiger partial charge on any atom is 0.187 e. The molecule has 5 saturated heterocycles. The molecule has 0 aromatic rings. The van der Waals surface area contributed by atoms with E-state index in [-0.39, 0.29) is 22.7 Å². The summed E-state index contributed by atoms with van der Waals surface area (Å²) in [6.07, 6.45) is -9.86. The van der Waals surface area contributed by atoms with Crippen LogP contribution in [-0.4, -0.2) is 176 Å². The lowest BCUT2D eigenvalue weighted by molar-refractivity contribution is -0.388. The fourth-order valence-corrected chi connectivity index (χ4v) is 15.1. The number of aliphatic hydroxyl groups excluding tert-OH is 9. The summed E-state index contributed by atoms with van der Waals surface area (Å²) in [7, 11) is 0. The number of rotatable bonds is 9. The minimum atomic E-state index is -1.78. The minimum absolute atomic E-state index is 0.160. The summed E-state index contributed by atoms with van der Waals surface area (Å²) in [6, 6.07) is 0. The molecule has 0 bridgehead atoms. The Morgan fingerprint density at radius 3 is 1.92 bits per heavy atom. The summed E-state index contributed by atoms with van der Waals surface area (Å²) in [5, 5.41) is 100. The van der Waals surface area contributed by atoms with Crippen molar-refractivity contribution in [3.05, 3.63) is 0 Å². The molecule has 5 heterocycles.